The number of rotatable bonds is 6. The van der Waals surface area contributed by atoms with Crippen LogP contribution in [-0.4, -0.2) is 34.4 Å². The first-order valence-corrected chi connectivity index (χ1v) is 7.11. The Hall–Kier alpha value is -2.43. The minimum absolute atomic E-state index is 0.0815. The van der Waals surface area contributed by atoms with E-state index >= 15 is 0 Å². The quantitative estimate of drug-likeness (QED) is 0.885. The Morgan fingerprint density at radius 1 is 1.24 bits per heavy atom. The number of anilines is 2. The van der Waals surface area contributed by atoms with Crippen molar-refractivity contribution in [3.8, 4) is 0 Å². The summed E-state index contributed by atoms with van der Waals surface area (Å²) < 4.78 is 0. The average Bonchev–Trinajstić information content (AvgIpc) is 2.53. The van der Waals surface area contributed by atoms with Crippen LogP contribution in [0.15, 0.2) is 42.6 Å². The molecule has 1 heterocycles. The predicted octanol–water partition coefficient (Wildman–Crippen LogP) is 3.09. The summed E-state index contributed by atoms with van der Waals surface area (Å²) in [7, 11) is 1.80. The summed E-state index contributed by atoms with van der Waals surface area (Å²) in [6, 6.07) is 11.3. The summed E-state index contributed by atoms with van der Waals surface area (Å²) in [6.45, 7) is 2.84. The van der Waals surface area contributed by atoms with Crippen LogP contribution >= 0.6 is 0 Å². The molecule has 0 aliphatic carbocycles. The second kappa shape index (κ2) is 7.38. The second-order valence-corrected chi connectivity index (χ2v) is 4.84. The van der Waals surface area contributed by atoms with Gasteiger partial charge in [-0.2, -0.15) is 0 Å². The van der Waals surface area contributed by atoms with Crippen LogP contribution in [0.1, 0.15) is 30.3 Å². The molecule has 1 N–H and O–H groups in total. The highest BCUT2D eigenvalue weighted by atomic mass is 16.2. The highest BCUT2D eigenvalue weighted by Crippen LogP contribution is 2.12. The van der Waals surface area contributed by atoms with Crippen LogP contribution in [-0.2, 0) is 0 Å². The van der Waals surface area contributed by atoms with Crippen molar-refractivity contribution in [1.82, 2.24) is 14.9 Å². The Labute approximate surface area is 125 Å². The third-order valence-electron chi connectivity index (χ3n) is 3.10. The lowest BCUT2D eigenvalue weighted by molar-refractivity contribution is 0.0787. The molecule has 110 valence electrons. The van der Waals surface area contributed by atoms with E-state index in [4.69, 9.17) is 0 Å². The van der Waals surface area contributed by atoms with Crippen LogP contribution in [0.4, 0.5) is 11.6 Å². The Morgan fingerprint density at radius 2 is 2.00 bits per heavy atom. The summed E-state index contributed by atoms with van der Waals surface area (Å²) in [4.78, 5) is 22.4. The summed E-state index contributed by atoms with van der Waals surface area (Å²) >= 11 is 0. The van der Waals surface area contributed by atoms with Gasteiger partial charge in [-0.25, -0.2) is 9.97 Å². The molecule has 5 nitrogen and oxygen atoms in total. The topological polar surface area (TPSA) is 58.1 Å². The zero-order valence-corrected chi connectivity index (χ0v) is 12.4. The molecule has 0 aliphatic rings. The molecule has 5 heteroatoms. The number of aromatic nitrogens is 2. The molecular weight excluding hydrogens is 264 g/mol. The first-order valence-electron chi connectivity index (χ1n) is 7.11. The molecule has 0 aliphatic heterocycles. The number of para-hydroxylation sites is 1. The number of hydrogen-bond acceptors (Lipinski definition) is 4. The fraction of sp³-hybridized carbons (Fsp3) is 0.312. The number of amides is 1. The van der Waals surface area contributed by atoms with Crippen LogP contribution < -0.4 is 5.32 Å². The van der Waals surface area contributed by atoms with E-state index in [1.165, 1.54) is 0 Å². The van der Waals surface area contributed by atoms with E-state index in [0.29, 0.717) is 11.6 Å². The van der Waals surface area contributed by atoms with Crippen LogP contribution in [0.5, 0.6) is 0 Å². The molecule has 1 aromatic heterocycles. The first-order chi connectivity index (χ1) is 10.2. The average molecular weight is 284 g/mol. The van der Waals surface area contributed by atoms with Gasteiger partial charge in [0.1, 0.15) is 5.69 Å². The van der Waals surface area contributed by atoms with Gasteiger partial charge in [0.15, 0.2) is 0 Å². The number of nitrogens with zero attached hydrogens (tertiary/aromatic N) is 3. The van der Waals surface area contributed by atoms with Crippen LogP contribution in [0.2, 0.25) is 0 Å². The molecule has 1 aromatic carbocycles. The molecule has 2 rings (SSSR count). The third kappa shape index (κ3) is 4.27. The molecule has 1 amide bonds. The SMILES string of the molecule is CCCCN(C)C(=O)c1ccnc(Nc2ccccc2)n1. The summed E-state index contributed by atoms with van der Waals surface area (Å²) in [5, 5.41) is 3.09. The number of hydrogen-bond donors (Lipinski definition) is 1. The molecule has 2 aromatic rings. The molecule has 0 fully saturated rings. The van der Waals surface area contributed by atoms with Crippen molar-refractivity contribution in [1.29, 1.82) is 0 Å². The standard InChI is InChI=1S/C16H20N4O/c1-3-4-12-20(2)15(21)14-10-11-17-16(19-14)18-13-8-6-5-7-9-13/h5-11H,3-4,12H2,1-2H3,(H,17,18,19). The van der Waals surface area contributed by atoms with E-state index < -0.39 is 0 Å². The van der Waals surface area contributed by atoms with E-state index in [-0.39, 0.29) is 5.91 Å². The number of unbranched alkanes of at least 4 members (excludes halogenated alkanes) is 1. The van der Waals surface area contributed by atoms with Crippen LogP contribution in [0.3, 0.4) is 0 Å². The van der Waals surface area contributed by atoms with Gasteiger partial charge in [-0.3, -0.25) is 4.79 Å². The zero-order chi connectivity index (χ0) is 15.1. The minimum Gasteiger partial charge on any atom is -0.340 e. The largest absolute Gasteiger partial charge is 0.340 e. The maximum Gasteiger partial charge on any atom is 0.272 e. The van der Waals surface area contributed by atoms with Crippen molar-refractivity contribution < 1.29 is 4.79 Å². The molecule has 0 atom stereocenters. The molecule has 0 saturated heterocycles. The van der Waals surface area contributed by atoms with Crippen molar-refractivity contribution in [2.24, 2.45) is 0 Å². The summed E-state index contributed by atoms with van der Waals surface area (Å²) in [5.74, 6) is 0.345. The highest BCUT2D eigenvalue weighted by molar-refractivity contribution is 5.92. The van der Waals surface area contributed by atoms with Crippen molar-refractivity contribution in [3.05, 3.63) is 48.3 Å². The van der Waals surface area contributed by atoms with Crippen LogP contribution in [0.25, 0.3) is 0 Å². The highest BCUT2D eigenvalue weighted by Gasteiger charge is 2.13. The smallest absolute Gasteiger partial charge is 0.272 e. The lowest BCUT2D eigenvalue weighted by Crippen LogP contribution is -2.28. The molecule has 0 spiro atoms. The molecular formula is C16H20N4O. The Balaban J connectivity index is 2.08. The van der Waals surface area contributed by atoms with Gasteiger partial charge < -0.3 is 10.2 Å². The van der Waals surface area contributed by atoms with Crippen molar-refractivity contribution >= 4 is 17.5 Å². The number of nitrogens with one attached hydrogen (secondary N) is 1. The van der Waals surface area contributed by atoms with Crippen LogP contribution in [0, 0.1) is 0 Å². The summed E-state index contributed by atoms with van der Waals surface area (Å²) in [5.41, 5.74) is 1.29. The maximum atomic E-state index is 12.3. The van der Waals surface area contributed by atoms with Gasteiger partial charge in [-0.15, -0.1) is 0 Å². The van der Waals surface area contributed by atoms with Gasteiger partial charge in [0.25, 0.3) is 5.91 Å². The molecule has 0 saturated carbocycles. The predicted molar refractivity (Wildman–Crippen MR) is 83.6 cm³/mol. The van der Waals surface area contributed by atoms with Gasteiger partial charge >= 0.3 is 0 Å². The van der Waals surface area contributed by atoms with E-state index in [0.717, 1.165) is 25.1 Å². The fourth-order valence-corrected chi connectivity index (χ4v) is 1.88. The number of carbonyl (C=O) groups is 1. The lowest BCUT2D eigenvalue weighted by atomic mass is 10.3. The number of benzene rings is 1. The van der Waals surface area contributed by atoms with Crippen molar-refractivity contribution in [2.75, 3.05) is 18.9 Å². The van der Waals surface area contributed by atoms with Gasteiger partial charge in [0, 0.05) is 25.5 Å². The fourth-order valence-electron chi connectivity index (χ4n) is 1.88. The van der Waals surface area contributed by atoms with Gasteiger partial charge in [0.2, 0.25) is 5.95 Å². The number of carbonyl (C=O) groups excluding carboxylic acids is 1. The van der Waals surface area contributed by atoms with Gasteiger partial charge in [0.05, 0.1) is 0 Å². The molecule has 0 unspecified atom stereocenters. The monoisotopic (exact) mass is 284 g/mol. The van der Waals surface area contributed by atoms with E-state index in [2.05, 4.69) is 22.2 Å². The summed E-state index contributed by atoms with van der Waals surface area (Å²) in [6.07, 6.45) is 3.64. The van der Waals surface area contributed by atoms with E-state index in [1.807, 2.05) is 30.3 Å². The second-order valence-electron chi connectivity index (χ2n) is 4.84. The Kier molecular flexibility index (Phi) is 5.26. The Bertz CT molecular complexity index is 586. The van der Waals surface area contributed by atoms with Gasteiger partial charge in [-0.05, 0) is 24.6 Å². The lowest BCUT2D eigenvalue weighted by Gasteiger charge is -2.16. The van der Waals surface area contributed by atoms with Crippen molar-refractivity contribution in [2.45, 2.75) is 19.8 Å². The van der Waals surface area contributed by atoms with E-state index in [9.17, 15) is 4.79 Å². The van der Waals surface area contributed by atoms with Gasteiger partial charge in [-0.1, -0.05) is 31.5 Å². The Morgan fingerprint density at radius 3 is 2.71 bits per heavy atom. The first kappa shape index (κ1) is 15.0. The zero-order valence-electron chi connectivity index (χ0n) is 12.4. The molecule has 0 bridgehead atoms. The molecule has 21 heavy (non-hydrogen) atoms. The normalized spacial score (nSPS) is 10.2. The van der Waals surface area contributed by atoms with E-state index in [1.54, 1.807) is 24.2 Å². The molecule has 0 radical (unpaired) electrons. The third-order valence-corrected chi connectivity index (χ3v) is 3.10. The minimum atomic E-state index is -0.0815. The van der Waals surface area contributed by atoms with Crippen molar-refractivity contribution in [3.63, 3.8) is 0 Å². The maximum absolute atomic E-state index is 12.3.